The molecule has 0 unspecified atom stereocenters. The highest BCUT2D eigenvalue weighted by atomic mass is 127. The molecule has 0 atom stereocenters. The molecule has 0 spiro atoms. The maximum absolute atomic E-state index is 12.5. The molecule has 0 saturated heterocycles. The third kappa shape index (κ3) is 5.84. The summed E-state index contributed by atoms with van der Waals surface area (Å²) >= 11 is 3.65. The third-order valence-electron chi connectivity index (χ3n) is 3.98. The third-order valence-corrected chi connectivity index (χ3v) is 5.69. The molecule has 3 aromatic carbocycles. The highest BCUT2D eigenvalue weighted by Gasteiger charge is 2.09. The molecule has 0 aromatic heterocycles. The molecule has 0 aliphatic heterocycles. The van der Waals surface area contributed by atoms with Gasteiger partial charge in [0.2, 0.25) is 5.91 Å². The Kier molecular flexibility index (Phi) is 7.11. The number of carbonyl (C=O) groups excluding carboxylic acids is 2. The van der Waals surface area contributed by atoms with E-state index in [1.165, 1.54) is 11.8 Å². The predicted octanol–water partition coefficient (Wildman–Crippen LogP) is 5.58. The second-order valence-electron chi connectivity index (χ2n) is 6.14. The summed E-state index contributed by atoms with van der Waals surface area (Å²) in [6.07, 6.45) is 0. The van der Waals surface area contributed by atoms with Crippen LogP contribution in [0.2, 0.25) is 0 Å². The first kappa shape index (κ1) is 20.4. The fraction of sp³-hybridized carbons (Fsp3) is 0.0909. The van der Waals surface area contributed by atoms with Crippen LogP contribution >= 0.6 is 34.4 Å². The monoisotopic (exact) mass is 502 g/mol. The minimum absolute atomic E-state index is 0.0689. The molecule has 0 radical (unpaired) electrons. The lowest BCUT2D eigenvalue weighted by molar-refractivity contribution is -0.113. The normalized spacial score (nSPS) is 10.4. The fourth-order valence-corrected chi connectivity index (χ4v) is 3.68. The van der Waals surface area contributed by atoms with Gasteiger partial charge in [-0.3, -0.25) is 9.59 Å². The van der Waals surface area contributed by atoms with Gasteiger partial charge in [-0.05, 0) is 83.6 Å². The Bertz CT molecular complexity index is 990. The van der Waals surface area contributed by atoms with E-state index < -0.39 is 0 Å². The SMILES string of the molecule is Cc1ccccc1C(=O)Nc1cccc(SCC(=O)Nc2ccc(I)cc2)c1. The fourth-order valence-electron chi connectivity index (χ4n) is 2.57. The first-order valence-electron chi connectivity index (χ1n) is 8.66. The van der Waals surface area contributed by atoms with Crippen molar-refractivity contribution in [3.05, 3.63) is 87.5 Å². The number of hydrogen-bond acceptors (Lipinski definition) is 3. The van der Waals surface area contributed by atoms with Crippen LogP contribution in [0.1, 0.15) is 15.9 Å². The molecule has 0 heterocycles. The van der Waals surface area contributed by atoms with Crippen molar-refractivity contribution in [2.75, 3.05) is 16.4 Å². The van der Waals surface area contributed by atoms with Gasteiger partial charge in [0.05, 0.1) is 5.75 Å². The lowest BCUT2D eigenvalue weighted by Crippen LogP contribution is -2.14. The van der Waals surface area contributed by atoms with E-state index in [2.05, 4.69) is 33.2 Å². The van der Waals surface area contributed by atoms with Crippen molar-refractivity contribution >= 4 is 57.5 Å². The Morgan fingerprint density at radius 1 is 0.893 bits per heavy atom. The molecule has 2 N–H and O–H groups in total. The van der Waals surface area contributed by atoms with E-state index in [0.717, 1.165) is 19.7 Å². The van der Waals surface area contributed by atoms with Gasteiger partial charge in [-0.15, -0.1) is 11.8 Å². The zero-order chi connectivity index (χ0) is 19.9. The molecule has 0 fully saturated rings. The van der Waals surface area contributed by atoms with Gasteiger partial charge in [0.25, 0.3) is 5.91 Å². The number of amides is 2. The van der Waals surface area contributed by atoms with Gasteiger partial charge in [0.15, 0.2) is 0 Å². The maximum atomic E-state index is 12.5. The van der Waals surface area contributed by atoms with Crippen LogP contribution in [0.5, 0.6) is 0 Å². The maximum Gasteiger partial charge on any atom is 0.255 e. The molecule has 0 aliphatic carbocycles. The average molecular weight is 502 g/mol. The quantitative estimate of drug-likeness (QED) is 0.342. The molecule has 2 amide bonds. The molecular formula is C22H19IN2O2S. The number of carbonyl (C=O) groups is 2. The highest BCUT2D eigenvalue weighted by Crippen LogP contribution is 2.23. The minimum atomic E-state index is -0.142. The van der Waals surface area contributed by atoms with Crippen LogP contribution in [-0.4, -0.2) is 17.6 Å². The topological polar surface area (TPSA) is 58.2 Å². The Balaban J connectivity index is 1.57. The molecule has 0 aliphatic rings. The zero-order valence-electron chi connectivity index (χ0n) is 15.2. The summed E-state index contributed by atoms with van der Waals surface area (Å²) in [4.78, 5) is 25.5. The van der Waals surface area contributed by atoms with E-state index in [4.69, 9.17) is 0 Å². The number of halogens is 1. The number of thioether (sulfide) groups is 1. The van der Waals surface area contributed by atoms with Gasteiger partial charge >= 0.3 is 0 Å². The van der Waals surface area contributed by atoms with E-state index in [1.807, 2.05) is 73.7 Å². The summed E-state index contributed by atoms with van der Waals surface area (Å²) in [5.74, 6) is 0.0820. The molecular weight excluding hydrogens is 483 g/mol. The van der Waals surface area contributed by atoms with Gasteiger partial charge in [-0.1, -0.05) is 24.3 Å². The van der Waals surface area contributed by atoms with Crippen LogP contribution in [0.25, 0.3) is 0 Å². The van der Waals surface area contributed by atoms with Gasteiger partial charge in [0.1, 0.15) is 0 Å². The molecule has 0 saturated carbocycles. The highest BCUT2D eigenvalue weighted by molar-refractivity contribution is 14.1. The van der Waals surface area contributed by atoms with E-state index in [1.54, 1.807) is 6.07 Å². The second kappa shape index (κ2) is 9.75. The van der Waals surface area contributed by atoms with Crippen molar-refractivity contribution in [3.63, 3.8) is 0 Å². The smallest absolute Gasteiger partial charge is 0.255 e. The molecule has 0 bridgehead atoms. The molecule has 3 rings (SSSR count). The molecule has 142 valence electrons. The average Bonchev–Trinajstić information content (AvgIpc) is 2.69. The molecule has 6 heteroatoms. The van der Waals surface area contributed by atoms with Crippen LogP contribution < -0.4 is 10.6 Å². The van der Waals surface area contributed by atoms with Crippen LogP contribution in [0.3, 0.4) is 0 Å². The number of rotatable bonds is 6. The number of aryl methyl sites for hydroxylation is 1. The first-order valence-corrected chi connectivity index (χ1v) is 10.7. The zero-order valence-corrected chi connectivity index (χ0v) is 18.2. The van der Waals surface area contributed by atoms with E-state index in [0.29, 0.717) is 17.0 Å². The summed E-state index contributed by atoms with van der Waals surface area (Å²) in [7, 11) is 0. The molecule has 3 aromatic rings. The second-order valence-corrected chi connectivity index (χ2v) is 8.44. The van der Waals surface area contributed by atoms with Crippen molar-refractivity contribution in [3.8, 4) is 0 Å². The van der Waals surface area contributed by atoms with Crippen molar-refractivity contribution < 1.29 is 9.59 Å². The summed E-state index contributed by atoms with van der Waals surface area (Å²) in [5.41, 5.74) is 3.07. The lowest BCUT2D eigenvalue weighted by Gasteiger charge is -2.09. The Morgan fingerprint density at radius 2 is 1.64 bits per heavy atom. The van der Waals surface area contributed by atoms with Crippen molar-refractivity contribution in [2.24, 2.45) is 0 Å². The van der Waals surface area contributed by atoms with Crippen LogP contribution in [-0.2, 0) is 4.79 Å². The predicted molar refractivity (Wildman–Crippen MR) is 124 cm³/mol. The van der Waals surface area contributed by atoms with Gasteiger partial charge in [-0.2, -0.15) is 0 Å². The number of hydrogen-bond donors (Lipinski definition) is 2. The first-order chi connectivity index (χ1) is 13.5. The molecule has 28 heavy (non-hydrogen) atoms. The standard InChI is InChI=1S/C22H19IN2O2S/c1-15-5-2-3-8-20(15)22(27)25-18-6-4-7-19(13-18)28-14-21(26)24-17-11-9-16(23)10-12-17/h2-13H,14H2,1H3,(H,24,26)(H,25,27). The van der Waals surface area contributed by atoms with Crippen molar-refractivity contribution in [1.29, 1.82) is 0 Å². The number of benzene rings is 3. The van der Waals surface area contributed by atoms with Gasteiger partial charge in [0, 0.05) is 25.4 Å². The van der Waals surface area contributed by atoms with Crippen LogP contribution in [0.4, 0.5) is 11.4 Å². The summed E-state index contributed by atoms with van der Waals surface area (Å²) in [6.45, 7) is 1.91. The lowest BCUT2D eigenvalue weighted by atomic mass is 10.1. The van der Waals surface area contributed by atoms with Crippen LogP contribution in [0.15, 0.2) is 77.7 Å². The van der Waals surface area contributed by atoms with Crippen LogP contribution in [0, 0.1) is 10.5 Å². The van der Waals surface area contributed by atoms with Gasteiger partial charge < -0.3 is 10.6 Å². The minimum Gasteiger partial charge on any atom is -0.325 e. The summed E-state index contributed by atoms with van der Waals surface area (Å²) in [6, 6.07) is 22.6. The van der Waals surface area contributed by atoms with Crippen molar-refractivity contribution in [2.45, 2.75) is 11.8 Å². The largest absolute Gasteiger partial charge is 0.325 e. The Hall–Kier alpha value is -2.32. The van der Waals surface area contributed by atoms with E-state index in [-0.39, 0.29) is 11.8 Å². The number of anilines is 2. The number of nitrogens with one attached hydrogen (secondary N) is 2. The summed E-state index contributed by atoms with van der Waals surface area (Å²) in [5, 5.41) is 5.80. The summed E-state index contributed by atoms with van der Waals surface area (Å²) < 4.78 is 1.12. The molecule has 4 nitrogen and oxygen atoms in total. The Morgan fingerprint density at radius 3 is 2.39 bits per heavy atom. The van der Waals surface area contributed by atoms with E-state index >= 15 is 0 Å². The Labute approximate surface area is 182 Å². The van der Waals surface area contributed by atoms with E-state index in [9.17, 15) is 9.59 Å². The van der Waals surface area contributed by atoms with Gasteiger partial charge in [-0.25, -0.2) is 0 Å². The van der Waals surface area contributed by atoms with Crippen molar-refractivity contribution in [1.82, 2.24) is 0 Å².